The average Bonchev–Trinajstić information content (AvgIpc) is 2.52. The Balaban J connectivity index is 4.12. The maximum atomic E-state index is 11.1. The predicted molar refractivity (Wildman–Crippen MR) is 95.0 cm³/mol. The molecule has 0 bridgehead atoms. The van der Waals surface area contributed by atoms with E-state index in [-0.39, 0.29) is 18.5 Å². The molecule has 0 aliphatic carbocycles. The van der Waals surface area contributed by atoms with Crippen molar-refractivity contribution in [2.24, 2.45) is 0 Å². The van der Waals surface area contributed by atoms with Gasteiger partial charge in [0.2, 0.25) is 0 Å². The highest BCUT2D eigenvalue weighted by molar-refractivity contribution is 5.66. The monoisotopic (exact) mass is 330 g/mol. The van der Waals surface area contributed by atoms with E-state index >= 15 is 0 Å². The van der Waals surface area contributed by atoms with Crippen LogP contribution < -0.4 is 0 Å². The van der Waals surface area contributed by atoms with Gasteiger partial charge < -0.3 is 9.84 Å². The third-order valence-corrected chi connectivity index (χ3v) is 3.05. The first kappa shape index (κ1) is 21.5. The zero-order valence-electron chi connectivity index (χ0n) is 14.5. The Bertz CT molecular complexity index is 550. The molecule has 0 aromatic heterocycles. The number of ether oxygens (including phenoxy) is 1. The number of carboxylic acids is 1. The van der Waals surface area contributed by atoms with Crippen molar-refractivity contribution >= 4 is 11.9 Å². The van der Waals surface area contributed by atoms with Gasteiger partial charge in [0.15, 0.2) is 0 Å². The summed E-state index contributed by atoms with van der Waals surface area (Å²) in [5.74, 6) is 9.87. The molecule has 0 rings (SSSR count). The van der Waals surface area contributed by atoms with E-state index in [0.717, 1.165) is 32.1 Å². The van der Waals surface area contributed by atoms with E-state index in [1.807, 2.05) is 13.0 Å². The molecular weight excluding hydrogens is 304 g/mol. The van der Waals surface area contributed by atoms with Gasteiger partial charge in [0.25, 0.3) is 0 Å². The van der Waals surface area contributed by atoms with E-state index in [2.05, 4.69) is 23.7 Å². The topological polar surface area (TPSA) is 63.6 Å². The summed E-state index contributed by atoms with van der Waals surface area (Å²) in [6.07, 6.45) is 12.2. The maximum Gasteiger partial charge on any atom is 0.303 e. The van der Waals surface area contributed by atoms with Crippen LogP contribution >= 0.6 is 0 Å². The number of hydrogen-bond acceptors (Lipinski definition) is 3. The van der Waals surface area contributed by atoms with Crippen molar-refractivity contribution in [3.8, 4) is 23.7 Å². The summed E-state index contributed by atoms with van der Waals surface area (Å²) in [5, 5.41) is 8.56. The summed E-state index contributed by atoms with van der Waals surface area (Å²) in [6.45, 7) is 3.28. The molecule has 0 aliphatic rings. The second kappa shape index (κ2) is 15.4. The summed E-state index contributed by atoms with van der Waals surface area (Å²) in [6, 6.07) is 0. The molecule has 1 unspecified atom stereocenters. The molecule has 0 heterocycles. The van der Waals surface area contributed by atoms with Crippen LogP contribution in [0.5, 0.6) is 0 Å². The lowest BCUT2D eigenvalue weighted by Gasteiger charge is -2.12. The van der Waals surface area contributed by atoms with Gasteiger partial charge >= 0.3 is 11.9 Å². The van der Waals surface area contributed by atoms with Crippen LogP contribution in [0.1, 0.15) is 58.8 Å². The van der Waals surface area contributed by atoms with Crippen LogP contribution in [0, 0.1) is 23.7 Å². The van der Waals surface area contributed by atoms with Gasteiger partial charge in [-0.05, 0) is 56.3 Å². The molecule has 0 amide bonds. The number of esters is 1. The quantitative estimate of drug-likeness (QED) is 0.375. The third-order valence-electron chi connectivity index (χ3n) is 3.05. The number of unbranched alkanes of at least 4 members (excludes halogenated alkanes) is 4. The zero-order valence-corrected chi connectivity index (χ0v) is 14.5. The largest absolute Gasteiger partial charge is 0.481 e. The van der Waals surface area contributed by atoms with Gasteiger partial charge in [-0.1, -0.05) is 37.2 Å². The number of aliphatic carboxylic acids is 1. The number of hydrogen-bond donors (Lipinski definition) is 1. The number of carboxylic acid groups (broad SMARTS) is 1. The van der Waals surface area contributed by atoms with Crippen molar-refractivity contribution in [1.82, 2.24) is 0 Å². The van der Waals surface area contributed by atoms with Gasteiger partial charge in [-0.25, -0.2) is 0 Å². The van der Waals surface area contributed by atoms with Crippen LogP contribution in [-0.2, 0) is 14.3 Å². The third kappa shape index (κ3) is 15.9. The van der Waals surface area contributed by atoms with Crippen molar-refractivity contribution in [1.29, 1.82) is 0 Å². The smallest absolute Gasteiger partial charge is 0.303 e. The minimum atomic E-state index is -0.744. The van der Waals surface area contributed by atoms with E-state index in [9.17, 15) is 9.59 Å². The summed E-state index contributed by atoms with van der Waals surface area (Å²) in [4.78, 5) is 21.5. The Kier molecular flexibility index (Phi) is 13.9. The van der Waals surface area contributed by atoms with E-state index in [1.54, 1.807) is 18.2 Å². The molecular formula is C20H26O4. The molecule has 0 aliphatic heterocycles. The van der Waals surface area contributed by atoms with Crippen molar-refractivity contribution in [3.63, 3.8) is 0 Å². The van der Waals surface area contributed by atoms with Gasteiger partial charge in [-0.2, -0.15) is 0 Å². The second-order valence-corrected chi connectivity index (χ2v) is 5.25. The normalized spacial score (nSPS) is 11.4. The molecule has 130 valence electrons. The average molecular weight is 330 g/mol. The molecule has 4 heteroatoms. The summed E-state index contributed by atoms with van der Waals surface area (Å²) >= 11 is 0. The SMILES string of the molecule is CC=CC#CC#CC=CC(CCCCCCCC(=O)O)OC(C)=O. The predicted octanol–water partition coefficient (Wildman–Crippen LogP) is 3.87. The van der Waals surface area contributed by atoms with E-state index in [0.29, 0.717) is 6.42 Å². The Labute approximate surface area is 145 Å². The number of rotatable bonds is 10. The highest BCUT2D eigenvalue weighted by Gasteiger charge is 2.07. The maximum absolute atomic E-state index is 11.1. The standard InChI is InChI=1S/C20H26O4/c1-3-4-5-6-7-9-12-15-19(24-18(2)21)16-13-10-8-11-14-17-20(22)23/h3-4,12,15,19H,8,10-11,13-14,16-17H2,1-2H3,(H,22,23). The van der Waals surface area contributed by atoms with E-state index in [4.69, 9.17) is 9.84 Å². The second-order valence-electron chi connectivity index (χ2n) is 5.25. The first-order chi connectivity index (χ1) is 11.6. The van der Waals surface area contributed by atoms with Gasteiger partial charge in [-0.3, -0.25) is 9.59 Å². The van der Waals surface area contributed by atoms with Crippen molar-refractivity contribution in [3.05, 3.63) is 24.3 Å². The molecule has 0 saturated heterocycles. The number of allylic oxidation sites excluding steroid dienone is 3. The van der Waals surface area contributed by atoms with Crippen LogP contribution in [0.25, 0.3) is 0 Å². The lowest BCUT2D eigenvalue weighted by molar-refractivity contribution is -0.144. The fourth-order valence-electron chi connectivity index (χ4n) is 1.95. The molecule has 0 radical (unpaired) electrons. The van der Waals surface area contributed by atoms with Crippen LogP contribution in [-0.4, -0.2) is 23.1 Å². The molecule has 4 nitrogen and oxygen atoms in total. The Hall–Kier alpha value is -2.46. The molecule has 0 aromatic carbocycles. The van der Waals surface area contributed by atoms with E-state index < -0.39 is 5.97 Å². The molecule has 1 atom stereocenters. The van der Waals surface area contributed by atoms with Crippen LogP contribution in [0.2, 0.25) is 0 Å². The highest BCUT2D eigenvalue weighted by Crippen LogP contribution is 2.11. The van der Waals surface area contributed by atoms with Gasteiger partial charge in [-0.15, -0.1) is 0 Å². The Morgan fingerprint density at radius 3 is 2.29 bits per heavy atom. The van der Waals surface area contributed by atoms with Crippen LogP contribution in [0.3, 0.4) is 0 Å². The summed E-state index contributed by atoms with van der Waals surface area (Å²) < 4.78 is 5.24. The van der Waals surface area contributed by atoms with E-state index in [1.165, 1.54) is 6.92 Å². The zero-order chi connectivity index (χ0) is 18.0. The molecule has 0 fully saturated rings. The number of carbonyl (C=O) groups excluding carboxylic acids is 1. The minimum Gasteiger partial charge on any atom is -0.481 e. The first-order valence-corrected chi connectivity index (χ1v) is 8.24. The lowest BCUT2D eigenvalue weighted by atomic mass is 10.1. The first-order valence-electron chi connectivity index (χ1n) is 8.24. The fourth-order valence-corrected chi connectivity index (χ4v) is 1.95. The summed E-state index contributed by atoms with van der Waals surface area (Å²) in [5.41, 5.74) is 0. The number of carbonyl (C=O) groups is 2. The highest BCUT2D eigenvalue weighted by atomic mass is 16.5. The van der Waals surface area contributed by atoms with Gasteiger partial charge in [0.05, 0.1) is 0 Å². The lowest BCUT2D eigenvalue weighted by Crippen LogP contribution is -2.13. The van der Waals surface area contributed by atoms with Crippen molar-refractivity contribution in [2.45, 2.75) is 64.9 Å². The fraction of sp³-hybridized carbons (Fsp3) is 0.500. The van der Waals surface area contributed by atoms with Crippen LogP contribution in [0.4, 0.5) is 0 Å². The van der Waals surface area contributed by atoms with Crippen molar-refractivity contribution < 1.29 is 19.4 Å². The molecule has 24 heavy (non-hydrogen) atoms. The molecule has 0 saturated carbocycles. The van der Waals surface area contributed by atoms with Crippen LogP contribution in [0.15, 0.2) is 24.3 Å². The molecule has 1 N–H and O–H groups in total. The Morgan fingerprint density at radius 1 is 1.04 bits per heavy atom. The minimum absolute atomic E-state index is 0.231. The summed E-state index contributed by atoms with van der Waals surface area (Å²) in [7, 11) is 0. The van der Waals surface area contributed by atoms with Gasteiger partial charge in [0, 0.05) is 13.3 Å². The Morgan fingerprint density at radius 2 is 1.67 bits per heavy atom. The molecule has 0 spiro atoms. The van der Waals surface area contributed by atoms with Gasteiger partial charge in [0.1, 0.15) is 6.10 Å². The molecule has 0 aromatic rings. The van der Waals surface area contributed by atoms with Crippen molar-refractivity contribution in [2.75, 3.05) is 0 Å².